The number of aromatic nitrogens is 2. The molecule has 0 spiro atoms. The molecule has 0 saturated heterocycles. The van der Waals surface area contributed by atoms with Crippen LogP contribution in [-0.4, -0.2) is 14.7 Å². The Bertz CT molecular complexity index is 526. The summed E-state index contributed by atoms with van der Waals surface area (Å²) in [5, 5.41) is 9.39. The molecule has 0 aliphatic carbocycles. The zero-order valence-corrected chi connectivity index (χ0v) is 11.1. The molecule has 1 aromatic carbocycles. The van der Waals surface area contributed by atoms with E-state index in [9.17, 15) is 13.9 Å². The lowest BCUT2D eigenvalue weighted by atomic mass is 10.1. The van der Waals surface area contributed by atoms with Gasteiger partial charge < -0.3 is 5.11 Å². The molecule has 19 heavy (non-hydrogen) atoms. The third kappa shape index (κ3) is 3.54. The summed E-state index contributed by atoms with van der Waals surface area (Å²) in [5.74, 6) is 0.727. The van der Waals surface area contributed by atoms with Crippen LogP contribution in [-0.2, 0) is 5.75 Å². The van der Waals surface area contributed by atoms with Crippen LogP contribution in [0.2, 0.25) is 0 Å². The van der Waals surface area contributed by atoms with Gasteiger partial charge in [0, 0.05) is 17.3 Å². The fourth-order valence-electron chi connectivity index (χ4n) is 1.62. The van der Waals surface area contributed by atoms with Crippen molar-refractivity contribution >= 4 is 11.8 Å². The molecule has 6 heteroatoms. The number of hydrogen-bond acceptors (Lipinski definition) is 3. The maximum atomic E-state index is 12.6. The second-order valence-corrected chi connectivity index (χ2v) is 5.11. The van der Waals surface area contributed by atoms with Crippen molar-refractivity contribution in [3.05, 3.63) is 48.0 Å². The lowest BCUT2D eigenvalue weighted by Crippen LogP contribution is -2.02. The highest BCUT2D eigenvalue weighted by atomic mass is 32.2. The van der Waals surface area contributed by atoms with Crippen LogP contribution >= 0.6 is 11.8 Å². The number of rotatable bonds is 5. The summed E-state index contributed by atoms with van der Waals surface area (Å²) >= 11 is 1.43. The number of alkyl halides is 2. The normalized spacial score (nSPS) is 12.9. The third-order valence-corrected chi connectivity index (χ3v) is 3.70. The van der Waals surface area contributed by atoms with E-state index in [-0.39, 0.29) is 0 Å². The van der Waals surface area contributed by atoms with Gasteiger partial charge in [0.15, 0.2) is 0 Å². The van der Waals surface area contributed by atoms with Gasteiger partial charge in [-0.2, -0.15) is 8.78 Å². The number of imidazole rings is 1. The number of hydrogen-bond donors (Lipinski definition) is 1. The summed E-state index contributed by atoms with van der Waals surface area (Å²) < 4.78 is 26.1. The summed E-state index contributed by atoms with van der Waals surface area (Å²) in [6, 6.07) is 7.38. The van der Waals surface area contributed by atoms with Gasteiger partial charge in [0.05, 0.1) is 11.9 Å². The first-order chi connectivity index (χ1) is 9.08. The van der Waals surface area contributed by atoms with E-state index in [1.807, 2.05) is 24.3 Å². The van der Waals surface area contributed by atoms with Crippen molar-refractivity contribution in [2.45, 2.75) is 30.2 Å². The Morgan fingerprint density at radius 2 is 2.00 bits per heavy atom. The summed E-state index contributed by atoms with van der Waals surface area (Å²) in [7, 11) is 0. The lowest BCUT2D eigenvalue weighted by molar-refractivity contribution is 0.0678. The fourth-order valence-corrected chi connectivity index (χ4v) is 2.47. The van der Waals surface area contributed by atoms with Gasteiger partial charge in [0.25, 0.3) is 0 Å². The molecule has 1 unspecified atom stereocenters. The van der Waals surface area contributed by atoms with Gasteiger partial charge in [-0.15, -0.1) is 11.8 Å². The molecule has 0 bridgehead atoms. The highest BCUT2D eigenvalue weighted by molar-refractivity contribution is 7.98. The SMILES string of the molecule is CC(O)c1ccc(SCc2nccn2C(F)F)cc1. The first-order valence-electron chi connectivity index (χ1n) is 5.78. The monoisotopic (exact) mass is 284 g/mol. The van der Waals surface area contributed by atoms with Gasteiger partial charge in [0.1, 0.15) is 5.82 Å². The molecule has 3 nitrogen and oxygen atoms in total. The lowest BCUT2D eigenvalue weighted by Gasteiger charge is -2.07. The van der Waals surface area contributed by atoms with Crippen molar-refractivity contribution in [3.63, 3.8) is 0 Å². The first kappa shape index (κ1) is 14.0. The van der Waals surface area contributed by atoms with E-state index in [0.717, 1.165) is 15.0 Å². The van der Waals surface area contributed by atoms with Crippen LogP contribution in [0.4, 0.5) is 8.78 Å². The summed E-state index contributed by atoms with van der Waals surface area (Å²) in [4.78, 5) is 4.87. The molecule has 0 radical (unpaired) electrons. The molecule has 2 aromatic rings. The van der Waals surface area contributed by atoms with Crippen molar-refractivity contribution < 1.29 is 13.9 Å². The number of benzene rings is 1. The van der Waals surface area contributed by atoms with Crippen molar-refractivity contribution in [2.75, 3.05) is 0 Å². The molecule has 1 atom stereocenters. The van der Waals surface area contributed by atoms with Crippen molar-refractivity contribution in [1.82, 2.24) is 9.55 Å². The van der Waals surface area contributed by atoms with Crippen LogP contribution in [0.5, 0.6) is 0 Å². The average Bonchev–Trinajstić information content (AvgIpc) is 2.85. The van der Waals surface area contributed by atoms with Crippen LogP contribution in [0.1, 0.15) is 31.0 Å². The minimum absolute atomic E-state index is 0.347. The highest BCUT2D eigenvalue weighted by Gasteiger charge is 2.11. The van der Waals surface area contributed by atoms with Crippen LogP contribution in [0.3, 0.4) is 0 Å². The Balaban J connectivity index is 2.00. The molecular weight excluding hydrogens is 270 g/mol. The number of nitrogens with zero attached hydrogens (tertiary/aromatic N) is 2. The standard InChI is InChI=1S/C13H14F2N2OS/c1-9(18)10-2-4-11(5-3-10)19-8-12-16-6-7-17(12)13(14)15/h2-7,9,13,18H,8H2,1H3. The Hall–Kier alpha value is -1.40. The minimum atomic E-state index is -2.56. The third-order valence-electron chi connectivity index (χ3n) is 2.69. The van der Waals surface area contributed by atoms with Crippen LogP contribution < -0.4 is 0 Å². The van der Waals surface area contributed by atoms with Crippen molar-refractivity contribution in [1.29, 1.82) is 0 Å². The minimum Gasteiger partial charge on any atom is -0.389 e. The molecule has 0 saturated carbocycles. The predicted octanol–water partition coefficient (Wildman–Crippen LogP) is 3.62. The van der Waals surface area contributed by atoms with E-state index in [2.05, 4.69) is 4.98 Å². The van der Waals surface area contributed by atoms with E-state index in [4.69, 9.17) is 0 Å². The molecule has 0 aliphatic rings. The predicted molar refractivity (Wildman–Crippen MR) is 70.1 cm³/mol. The highest BCUT2D eigenvalue weighted by Crippen LogP contribution is 2.25. The van der Waals surface area contributed by atoms with Crippen molar-refractivity contribution in [3.8, 4) is 0 Å². The molecule has 102 valence electrons. The molecule has 0 aliphatic heterocycles. The zero-order valence-electron chi connectivity index (χ0n) is 10.3. The Morgan fingerprint density at radius 1 is 1.32 bits per heavy atom. The van der Waals surface area contributed by atoms with Gasteiger partial charge in [-0.3, -0.25) is 4.57 Å². The van der Waals surface area contributed by atoms with Gasteiger partial charge in [-0.25, -0.2) is 4.98 Å². The van der Waals surface area contributed by atoms with E-state index in [0.29, 0.717) is 11.6 Å². The number of aliphatic hydroxyl groups is 1. The smallest absolute Gasteiger partial charge is 0.319 e. The topological polar surface area (TPSA) is 38.1 Å². The number of thioether (sulfide) groups is 1. The van der Waals surface area contributed by atoms with Crippen molar-refractivity contribution in [2.24, 2.45) is 0 Å². The molecule has 0 fully saturated rings. The average molecular weight is 284 g/mol. The molecular formula is C13H14F2N2OS. The largest absolute Gasteiger partial charge is 0.389 e. The second-order valence-electron chi connectivity index (χ2n) is 4.06. The number of halogens is 2. The quantitative estimate of drug-likeness (QED) is 0.852. The summed E-state index contributed by atoms with van der Waals surface area (Å²) in [6.07, 6.45) is 2.15. The molecule has 0 amide bonds. The van der Waals surface area contributed by atoms with Gasteiger partial charge >= 0.3 is 6.55 Å². The van der Waals surface area contributed by atoms with E-state index in [1.165, 1.54) is 24.2 Å². The van der Waals surface area contributed by atoms with Gasteiger partial charge in [-0.1, -0.05) is 12.1 Å². The maximum absolute atomic E-state index is 12.6. The van der Waals surface area contributed by atoms with Crippen LogP contribution in [0, 0.1) is 0 Å². The first-order valence-corrected chi connectivity index (χ1v) is 6.77. The Kier molecular flexibility index (Phi) is 4.55. The maximum Gasteiger partial charge on any atom is 0.319 e. The van der Waals surface area contributed by atoms with Crippen LogP contribution in [0.25, 0.3) is 0 Å². The van der Waals surface area contributed by atoms with E-state index in [1.54, 1.807) is 6.92 Å². The van der Waals surface area contributed by atoms with E-state index >= 15 is 0 Å². The summed E-state index contributed by atoms with van der Waals surface area (Å²) in [5.41, 5.74) is 0.832. The molecule has 2 rings (SSSR count). The van der Waals surface area contributed by atoms with Crippen LogP contribution in [0.15, 0.2) is 41.6 Å². The van der Waals surface area contributed by atoms with Gasteiger partial charge in [0.2, 0.25) is 0 Å². The van der Waals surface area contributed by atoms with Gasteiger partial charge in [-0.05, 0) is 24.6 Å². The fraction of sp³-hybridized carbons (Fsp3) is 0.308. The number of aliphatic hydroxyl groups excluding tert-OH is 1. The second kappa shape index (κ2) is 6.16. The summed E-state index contributed by atoms with van der Waals surface area (Å²) in [6.45, 7) is -0.863. The Labute approximate surface area is 114 Å². The van der Waals surface area contributed by atoms with E-state index < -0.39 is 12.7 Å². The molecule has 1 N–H and O–H groups in total. The molecule has 1 heterocycles. The Morgan fingerprint density at radius 3 is 2.58 bits per heavy atom. The zero-order chi connectivity index (χ0) is 13.8. The molecule has 1 aromatic heterocycles.